The molecule has 118 valence electrons. The van der Waals surface area contributed by atoms with Crippen molar-refractivity contribution in [1.82, 2.24) is 5.32 Å². The zero-order valence-electron chi connectivity index (χ0n) is 13.4. The molecule has 1 fully saturated rings. The summed E-state index contributed by atoms with van der Waals surface area (Å²) in [6, 6.07) is 5.53. The molecule has 1 heterocycles. The molecule has 1 aromatic carbocycles. The normalized spacial score (nSPS) is 27.6. The highest BCUT2D eigenvalue weighted by Crippen LogP contribution is 2.41. The molecule has 4 unspecified atom stereocenters. The van der Waals surface area contributed by atoms with E-state index in [1.54, 1.807) is 12.1 Å². The van der Waals surface area contributed by atoms with Gasteiger partial charge in [0.15, 0.2) is 0 Å². The lowest BCUT2D eigenvalue weighted by Gasteiger charge is -2.37. The molecular weight excluding hydrogens is 301 g/mol. The van der Waals surface area contributed by atoms with Crippen LogP contribution in [0.15, 0.2) is 18.2 Å². The van der Waals surface area contributed by atoms with Crippen LogP contribution >= 0.6 is 23.5 Å². The quantitative estimate of drug-likeness (QED) is 0.834. The Morgan fingerprint density at radius 2 is 2.10 bits per heavy atom. The van der Waals surface area contributed by atoms with Gasteiger partial charge < -0.3 is 5.32 Å². The van der Waals surface area contributed by atoms with Gasteiger partial charge in [-0.3, -0.25) is 0 Å². The second-order valence-electron chi connectivity index (χ2n) is 5.85. The Morgan fingerprint density at radius 1 is 1.33 bits per heavy atom. The molecule has 1 aromatic rings. The van der Waals surface area contributed by atoms with E-state index in [0.717, 1.165) is 24.3 Å². The summed E-state index contributed by atoms with van der Waals surface area (Å²) in [6.07, 6.45) is 1.12. The number of hydrogen-bond donors (Lipinski definition) is 1. The maximum absolute atomic E-state index is 13.4. The minimum absolute atomic E-state index is 0.141. The molecule has 4 heteroatoms. The maximum atomic E-state index is 13.4. The number of benzene rings is 1. The molecule has 0 saturated carbocycles. The molecule has 1 saturated heterocycles. The lowest BCUT2D eigenvalue weighted by atomic mass is 9.98. The highest BCUT2D eigenvalue weighted by atomic mass is 32.2. The molecule has 1 aliphatic heterocycles. The SMILES string of the molecule is CCCNC(c1ccc(F)cc1C)C1CSC(C)C(C)S1. The van der Waals surface area contributed by atoms with Gasteiger partial charge >= 0.3 is 0 Å². The van der Waals surface area contributed by atoms with Gasteiger partial charge in [-0.1, -0.05) is 26.8 Å². The average Bonchev–Trinajstić information content (AvgIpc) is 2.44. The Hall–Kier alpha value is -0.190. The second-order valence-corrected chi connectivity index (χ2v) is 8.88. The van der Waals surface area contributed by atoms with Gasteiger partial charge in [0.2, 0.25) is 0 Å². The van der Waals surface area contributed by atoms with Crippen LogP contribution in [0.25, 0.3) is 0 Å². The van der Waals surface area contributed by atoms with Crippen LogP contribution in [0.4, 0.5) is 4.39 Å². The average molecular weight is 328 g/mol. The van der Waals surface area contributed by atoms with Gasteiger partial charge in [-0.25, -0.2) is 4.39 Å². The third kappa shape index (κ3) is 4.40. The zero-order chi connectivity index (χ0) is 15.4. The number of nitrogens with one attached hydrogen (secondary N) is 1. The molecule has 1 nitrogen and oxygen atoms in total. The fraction of sp³-hybridized carbons (Fsp3) is 0.647. The van der Waals surface area contributed by atoms with Crippen LogP contribution < -0.4 is 5.32 Å². The Morgan fingerprint density at radius 3 is 2.71 bits per heavy atom. The van der Waals surface area contributed by atoms with E-state index in [4.69, 9.17) is 0 Å². The van der Waals surface area contributed by atoms with Gasteiger partial charge in [-0.2, -0.15) is 23.5 Å². The number of halogens is 1. The Labute approximate surface area is 136 Å². The van der Waals surface area contributed by atoms with Crippen molar-refractivity contribution in [1.29, 1.82) is 0 Å². The summed E-state index contributed by atoms with van der Waals surface area (Å²) in [6.45, 7) is 9.85. The smallest absolute Gasteiger partial charge is 0.123 e. The second kappa shape index (κ2) is 7.89. The predicted molar refractivity (Wildman–Crippen MR) is 94.9 cm³/mol. The van der Waals surface area contributed by atoms with Crippen molar-refractivity contribution in [2.75, 3.05) is 12.3 Å². The zero-order valence-corrected chi connectivity index (χ0v) is 15.0. The molecular formula is C17H26FNS2. The summed E-state index contributed by atoms with van der Waals surface area (Å²) >= 11 is 4.15. The van der Waals surface area contributed by atoms with E-state index in [0.29, 0.717) is 21.8 Å². The van der Waals surface area contributed by atoms with Gasteiger partial charge in [0.05, 0.1) is 0 Å². The van der Waals surface area contributed by atoms with Crippen molar-refractivity contribution < 1.29 is 4.39 Å². The summed E-state index contributed by atoms with van der Waals surface area (Å²) < 4.78 is 13.4. The third-order valence-electron chi connectivity index (χ3n) is 4.13. The van der Waals surface area contributed by atoms with Crippen molar-refractivity contribution in [2.24, 2.45) is 0 Å². The van der Waals surface area contributed by atoms with E-state index in [1.165, 1.54) is 5.56 Å². The van der Waals surface area contributed by atoms with Crippen molar-refractivity contribution in [2.45, 2.75) is 55.9 Å². The van der Waals surface area contributed by atoms with Crippen molar-refractivity contribution in [3.05, 3.63) is 35.1 Å². The molecule has 4 atom stereocenters. The summed E-state index contributed by atoms with van der Waals surface area (Å²) in [5.41, 5.74) is 2.31. The van der Waals surface area contributed by atoms with Gasteiger partial charge in [0, 0.05) is 27.5 Å². The monoisotopic (exact) mass is 327 g/mol. The number of hydrogen-bond acceptors (Lipinski definition) is 3. The van der Waals surface area contributed by atoms with E-state index < -0.39 is 0 Å². The first-order valence-corrected chi connectivity index (χ1v) is 9.78. The van der Waals surface area contributed by atoms with Gasteiger partial charge in [0.1, 0.15) is 5.82 Å². The van der Waals surface area contributed by atoms with E-state index in [9.17, 15) is 4.39 Å². The molecule has 0 spiro atoms. The highest BCUT2D eigenvalue weighted by Gasteiger charge is 2.32. The van der Waals surface area contributed by atoms with Gasteiger partial charge in [-0.05, 0) is 43.1 Å². The fourth-order valence-corrected chi connectivity index (χ4v) is 5.82. The molecule has 1 aliphatic rings. The van der Waals surface area contributed by atoms with Gasteiger partial charge in [-0.15, -0.1) is 0 Å². The van der Waals surface area contributed by atoms with Crippen LogP contribution in [0.5, 0.6) is 0 Å². The third-order valence-corrected chi connectivity index (χ3v) is 7.62. The topological polar surface area (TPSA) is 12.0 Å². The Balaban J connectivity index is 2.21. The first-order valence-electron chi connectivity index (χ1n) is 7.79. The van der Waals surface area contributed by atoms with Crippen molar-refractivity contribution >= 4 is 23.5 Å². The van der Waals surface area contributed by atoms with E-state index >= 15 is 0 Å². The number of thioether (sulfide) groups is 2. The summed E-state index contributed by atoms with van der Waals surface area (Å²) in [7, 11) is 0. The summed E-state index contributed by atoms with van der Waals surface area (Å²) in [5, 5.41) is 5.63. The van der Waals surface area contributed by atoms with Crippen LogP contribution in [0, 0.1) is 12.7 Å². The lowest BCUT2D eigenvalue weighted by molar-refractivity contribution is 0.524. The van der Waals surface area contributed by atoms with E-state index in [-0.39, 0.29) is 5.82 Å². The van der Waals surface area contributed by atoms with Gasteiger partial charge in [0.25, 0.3) is 0 Å². The van der Waals surface area contributed by atoms with Crippen LogP contribution in [0.2, 0.25) is 0 Å². The minimum atomic E-state index is -0.141. The molecule has 2 rings (SSSR count). The maximum Gasteiger partial charge on any atom is 0.123 e. The van der Waals surface area contributed by atoms with E-state index in [2.05, 4.69) is 49.6 Å². The summed E-state index contributed by atoms with van der Waals surface area (Å²) in [5.74, 6) is 1.02. The molecule has 0 aromatic heterocycles. The van der Waals surface area contributed by atoms with Crippen molar-refractivity contribution in [3.63, 3.8) is 0 Å². The number of aryl methyl sites for hydroxylation is 1. The van der Waals surface area contributed by atoms with E-state index in [1.807, 2.05) is 13.0 Å². The molecule has 21 heavy (non-hydrogen) atoms. The van der Waals surface area contributed by atoms with Crippen LogP contribution in [-0.4, -0.2) is 28.0 Å². The molecule has 0 aliphatic carbocycles. The Bertz CT molecular complexity index is 466. The number of rotatable bonds is 5. The van der Waals surface area contributed by atoms with Crippen molar-refractivity contribution in [3.8, 4) is 0 Å². The predicted octanol–water partition coefficient (Wildman–Crippen LogP) is 4.80. The summed E-state index contributed by atoms with van der Waals surface area (Å²) in [4.78, 5) is 0. The largest absolute Gasteiger partial charge is 0.309 e. The van der Waals surface area contributed by atoms with Crippen LogP contribution in [0.1, 0.15) is 44.4 Å². The van der Waals surface area contributed by atoms with Crippen LogP contribution in [0.3, 0.4) is 0 Å². The highest BCUT2D eigenvalue weighted by molar-refractivity contribution is 8.07. The lowest BCUT2D eigenvalue weighted by Crippen LogP contribution is -2.37. The Kier molecular flexibility index (Phi) is 6.45. The molecule has 0 bridgehead atoms. The fourth-order valence-electron chi connectivity index (χ4n) is 2.71. The molecule has 0 radical (unpaired) electrons. The van der Waals surface area contributed by atoms with Crippen LogP contribution in [-0.2, 0) is 0 Å². The molecule has 1 N–H and O–H groups in total. The first kappa shape index (κ1) is 17.2. The first-order chi connectivity index (χ1) is 10.0. The standard InChI is InChI=1S/C17H26FNS2/c1-5-8-19-17(15-7-6-14(18)9-11(15)2)16-10-20-12(3)13(4)21-16/h6-7,9,12-13,16-17,19H,5,8,10H2,1-4H3. The minimum Gasteiger partial charge on any atom is -0.309 e. The molecule has 0 amide bonds.